The van der Waals surface area contributed by atoms with Gasteiger partial charge >= 0.3 is 0 Å². The van der Waals surface area contributed by atoms with Gasteiger partial charge in [-0.3, -0.25) is 0 Å². The highest BCUT2D eigenvalue weighted by Crippen LogP contribution is 2.40. The molecule has 3 aromatic heterocycles. The van der Waals surface area contributed by atoms with Gasteiger partial charge in [0.15, 0.2) is 0 Å². The molecule has 0 bridgehead atoms. The molecule has 0 amide bonds. The lowest BCUT2D eigenvalue weighted by Crippen LogP contribution is -1.94. The van der Waals surface area contributed by atoms with Gasteiger partial charge in [-0.05, 0) is 135 Å². The Balaban J connectivity index is 0.944. The van der Waals surface area contributed by atoms with Crippen molar-refractivity contribution < 1.29 is 19.2 Å². The van der Waals surface area contributed by atoms with Gasteiger partial charge in [-0.1, -0.05) is 170 Å². The smallest absolute Gasteiger partial charge is 0.0645 e. The summed E-state index contributed by atoms with van der Waals surface area (Å²) in [6, 6.07) is 49.6. The van der Waals surface area contributed by atoms with Gasteiger partial charge in [0.1, 0.15) is 0 Å². The molecule has 0 unspecified atom stereocenters. The summed E-state index contributed by atoms with van der Waals surface area (Å²) in [5, 5.41) is 1.57. The number of para-hydroxylation sites is 3. The van der Waals surface area contributed by atoms with Gasteiger partial charge in [0.05, 0.1) is 52.3 Å². The molecular weight excluding hydrogens is 835 g/mol. The van der Waals surface area contributed by atoms with Crippen LogP contribution in [0.3, 0.4) is 0 Å². The molecule has 3 nitrogen and oxygen atoms in total. The van der Waals surface area contributed by atoms with E-state index in [1.54, 1.807) is 24.3 Å². The molecule has 0 radical (unpaired) electrons. The maximum absolute atomic E-state index is 10.0. The van der Waals surface area contributed by atoms with E-state index >= 15 is 0 Å². The molecule has 14 rings (SSSR count). The quantitative estimate of drug-likeness (QED) is 0.151. The van der Waals surface area contributed by atoms with E-state index in [9.17, 15) is 13.7 Å². The summed E-state index contributed by atoms with van der Waals surface area (Å²) >= 11 is 0. The highest BCUT2D eigenvalue weighted by Gasteiger charge is 2.18. The Hall–Kier alpha value is -9.18. The summed E-state index contributed by atoms with van der Waals surface area (Å²) in [7, 11) is 0. The first-order chi connectivity index (χ1) is 40.1. The number of hydrogen-bond acceptors (Lipinski definition) is 0. The van der Waals surface area contributed by atoms with Crippen LogP contribution >= 0.6 is 0 Å². The van der Waals surface area contributed by atoms with Crippen molar-refractivity contribution in [3.8, 4) is 61.6 Å². The number of rotatable bonds is 7. The van der Waals surface area contributed by atoms with E-state index in [1.807, 2.05) is 91.0 Å². The van der Waals surface area contributed by atoms with Crippen molar-refractivity contribution in [1.82, 2.24) is 13.7 Å². The molecule has 0 N–H and O–H groups in total. The third-order valence-corrected chi connectivity index (χ3v) is 13.2. The Morgan fingerprint density at radius 1 is 0.232 bits per heavy atom. The fourth-order valence-electron chi connectivity index (χ4n) is 9.90. The Labute approximate surface area is 419 Å². The second-order valence-corrected chi connectivity index (χ2v) is 17.0. The first-order valence-corrected chi connectivity index (χ1v) is 22.6. The van der Waals surface area contributed by atoms with Crippen LogP contribution in [0.1, 0.15) is 19.2 Å². The molecule has 3 heterocycles. The van der Waals surface area contributed by atoms with E-state index in [4.69, 9.17) is 5.48 Å². The Kier molecular flexibility index (Phi) is 6.26. The first kappa shape index (κ1) is 27.5. The van der Waals surface area contributed by atoms with Gasteiger partial charge in [-0.25, -0.2) is 0 Å². The van der Waals surface area contributed by atoms with Gasteiger partial charge in [-0.2, -0.15) is 0 Å². The third-order valence-electron chi connectivity index (χ3n) is 13.2. The standard InChI is InChI=1S/C66H43N3/c1-3-13-44(14-4-1)46-23-32-52(33-24-46)67-61-20-10-7-17-55(61)58-41-49(29-38-64(58)67)48-27-36-54(37-28-48)69-63-22-12-9-19-57(63)60-43-51(31-40-66(60)69)50-30-39-65-59(42-50)56-18-8-11-21-62(56)68(65)53-34-25-47(26-35-53)45-15-5-2-6-16-45/h1-43H/i8D,9D,11D,12D,18D,19D,21D,22D,30D,31D,39D,40D,42D,43D. The molecule has 0 aliphatic rings. The Morgan fingerprint density at radius 3 is 1.12 bits per heavy atom. The predicted octanol–water partition coefficient (Wildman–Crippen LogP) is 17.6. The summed E-state index contributed by atoms with van der Waals surface area (Å²) in [5.74, 6) is 0. The van der Waals surface area contributed by atoms with Crippen molar-refractivity contribution in [1.29, 1.82) is 0 Å². The molecule has 69 heavy (non-hydrogen) atoms. The van der Waals surface area contributed by atoms with Crippen LogP contribution in [0.25, 0.3) is 127 Å². The lowest BCUT2D eigenvalue weighted by atomic mass is 10.0. The van der Waals surface area contributed by atoms with Crippen molar-refractivity contribution in [2.24, 2.45) is 0 Å². The number of aromatic nitrogens is 3. The average molecular weight is 892 g/mol. The predicted molar refractivity (Wildman–Crippen MR) is 291 cm³/mol. The van der Waals surface area contributed by atoms with Crippen molar-refractivity contribution in [2.45, 2.75) is 0 Å². The zero-order valence-corrected chi connectivity index (χ0v) is 36.6. The molecular formula is C66H43N3. The molecule has 322 valence electrons. The molecule has 14 aromatic rings. The zero-order chi connectivity index (χ0) is 57.6. The maximum atomic E-state index is 10.0. The van der Waals surface area contributed by atoms with E-state index in [0.717, 1.165) is 60.9 Å². The van der Waals surface area contributed by atoms with E-state index in [0.29, 0.717) is 11.4 Å². The van der Waals surface area contributed by atoms with Crippen molar-refractivity contribution in [3.05, 3.63) is 261 Å². The summed E-state index contributed by atoms with van der Waals surface area (Å²) in [4.78, 5) is 0. The molecule has 0 atom stereocenters. The SMILES string of the molecule is [2H]c1c([2H])c([2H])c2c(c1[2H])c1c([2H])c(-c3c([2H])c([2H])c4c(c3[2H])c3c([2H])c([2H])c([2H])c([2H])c3n4-c3ccc(-c4ccc5c(c4)c4ccccc4n5-c4ccc(-c5ccccc5)cc4)cc3)c([2H])c([2H])c1n2-c1ccc(-c2ccccc2)cc1. The molecule has 0 aliphatic carbocycles. The van der Waals surface area contributed by atoms with E-state index in [2.05, 4.69) is 65.2 Å². The van der Waals surface area contributed by atoms with Crippen LogP contribution in [0.15, 0.2) is 261 Å². The minimum absolute atomic E-state index is 0.0508. The van der Waals surface area contributed by atoms with Gasteiger partial charge < -0.3 is 13.7 Å². The molecule has 11 aromatic carbocycles. The number of hydrogen-bond donors (Lipinski definition) is 0. The molecule has 0 saturated carbocycles. The van der Waals surface area contributed by atoms with E-state index < -0.39 is 95.7 Å². The maximum Gasteiger partial charge on any atom is 0.0645 e. The lowest BCUT2D eigenvalue weighted by Gasteiger charge is -2.11. The second-order valence-electron chi connectivity index (χ2n) is 17.0. The van der Waals surface area contributed by atoms with Crippen molar-refractivity contribution in [3.63, 3.8) is 0 Å². The minimum atomic E-state index is -0.624. The highest BCUT2D eigenvalue weighted by atomic mass is 15.0. The van der Waals surface area contributed by atoms with E-state index in [-0.39, 0.29) is 43.6 Å². The molecule has 0 saturated heterocycles. The Bertz CT molecular complexity index is 5090. The minimum Gasteiger partial charge on any atom is -0.309 e. The van der Waals surface area contributed by atoms with Gasteiger partial charge in [-0.15, -0.1) is 0 Å². The monoisotopic (exact) mass is 891 g/mol. The van der Waals surface area contributed by atoms with Crippen LogP contribution in [-0.4, -0.2) is 13.7 Å². The van der Waals surface area contributed by atoms with Gasteiger partial charge in [0, 0.05) is 49.4 Å². The summed E-state index contributed by atoms with van der Waals surface area (Å²) in [6.07, 6.45) is 0. The summed E-state index contributed by atoms with van der Waals surface area (Å²) < 4.78 is 136. The van der Waals surface area contributed by atoms with Gasteiger partial charge in [0.2, 0.25) is 0 Å². The van der Waals surface area contributed by atoms with Crippen LogP contribution in [0.4, 0.5) is 0 Å². The third kappa shape index (κ3) is 6.36. The summed E-state index contributed by atoms with van der Waals surface area (Å²) in [5.41, 5.74) is 8.41. The molecule has 3 heteroatoms. The number of fused-ring (bicyclic) bond motifs is 9. The van der Waals surface area contributed by atoms with Crippen LogP contribution in [0.2, 0.25) is 0 Å². The molecule has 0 aliphatic heterocycles. The van der Waals surface area contributed by atoms with Crippen LogP contribution in [0.5, 0.6) is 0 Å². The van der Waals surface area contributed by atoms with Crippen LogP contribution < -0.4 is 0 Å². The second kappa shape index (κ2) is 15.7. The topological polar surface area (TPSA) is 14.8 Å². The number of nitrogens with zero attached hydrogens (tertiary/aromatic N) is 3. The highest BCUT2D eigenvalue weighted by molar-refractivity contribution is 6.13. The average Bonchev–Trinajstić information content (AvgIpc) is 1.89. The normalized spacial score (nSPS) is 14.6. The van der Waals surface area contributed by atoms with Crippen LogP contribution in [0, 0.1) is 0 Å². The zero-order valence-electron chi connectivity index (χ0n) is 50.6. The lowest BCUT2D eigenvalue weighted by molar-refractivity contribution is 1.18. The summed E-state index contributed by atoms with van der Waals surface area (Å²) in [6.45, 7) is 0. The Morgan fingerprint density at radius 2 is 0.609 bits per heavy atom. The number of benzene rings is 11. The fourth-order valence-corrected chi connectivity index (χ4v) is 9.90. The van der Waals surface area contributed by atoms with Crippen molar-refractivity contribution >= 4 is 65.4 Å². The van der Waals surface area contributed by atoms with E-state index in [1.165, 1.54) is 9.13 Å². The molecule has 0 spiro atoms. The van der Waals surface area contributed by atoms with Crippen molar-refractivity contribution in [2.75, 3.05) is 0 Å². The van der Waals surface area contributed by atoms with Gasteiger partial charge in [0.25, 0.3) is 0 Å². The van der Waals surface area contributed by atoms with Crippen LogP contribution in [-0.2, 0) is 0 Å². The molecule has 0 fully saturated rings. The largest absolute Gasteiger partial charge is 0.309 e. The fraction of sp³-hybridized carbons (Fsp3) is 0. The first-order valence-electron chi connectivity index (χ1n) is 29.6.